The fourth-order valence-electron chi connectivity index (χ4n) is 1.55. The Kier molecular flexibility index (Phi) is 7.13. The third kappa shape index (κ3) is 6.23. The summed E-state index contributed by atoms with van der Waals surface area (Å²) in [6.07, 6.45) is 1.08. The summed E-state index contributed by atoms with van der Waals surface area (Å²) in [6, 6.07) is 5.46. The summed E-state index contributed by atoms with van der Waals surface area (Å²) in [5.41, 5.74) is 7.33. The van der Waals surface area contributed by atoms with Crippen LogP contribution in [0.25, 0.3) is 0 Å². The first-order valence-corrected chi connectivity index (χ1v) is 7.20. The molecule has 0 aromatic heterocycles. The number of hydrogen-bond donors (Lipinski definition) is 2. The highest BCUT2D eigenvalue weighted by molar-refractivity contribution is 7.80. The molecule has 0 heterocycles. The van der Waals surface area contributed by atoms with Gasteiger partial charge in [0.2, 0.25) is 0 Å². The van der Waals surface area contributed by atoms with Crippen LogP contribution >= 0.6 is 23.8 Å². The number of hydrogen-bond acceptors (Lipinski definition) is 3. The van der Waals surface area contributed by atoms with Crippen LogP contribution in [0.5, 0.6) is 0 Å². The van der Waals surface area contributed by atoms with Gasteiger partial charge in [-0.1, -0.05) is 37.7 Å². The second-order valence-corrected chi connectivity index (χ2v) is 5.65. The number of thiocarbonyl (C=S) groups is 1. The highest BCUT2D eigenvalue weighted by atomic mass is 35.5. The first kappa shape index (κ1) is 16.2. The molecule has 19 heavy (non-hydrogen) atoms. The summed E-state index contributed by atoms with van der Waals surface area (Å²) < 4.78 is 5.54. The maximum Gasteiger partial charge on any atom is 0.106 e. The molecule has 0 aliphatic rings. The van der Waals surface area contributed by atoms with E-state index in [-0.39, 0.29) is 0 Å². The van der Waals surface area contributed by atoms with Crippen LogP contribution in [0.4, 0.5) is 5.69 Å². The zero-order valence-corrected chi connectivity index (χ0v) is 13.0. The van der Waals surface area contributed by atoms with Crippen LogP contribution in [0.15, 0.2) is 18.2 Å². The molecule has 3 N–H and O–H groups in total. The van der Waals surface area contributed by atoms with Crippen LogP contribution in [0.1, 0.15) is 25.8 Å². The number of rotatable bonds is 8. The molecule has 0 atom stereocenters. The zero-order chi connectivity index (χ0) is 14.3. The molecular weight excluding hydrogens is 280 g/mol. The van der Waals surface area contributed by atoms with Crippen molar-refractivity contribution in [1.82, 2.24) is 0 Å². The van der Waals surface area contributed by atoms with Crippen LogP contribution in [0.3, 0.4) is 0 Å². The lowest BCUT2D eigenvalue weighted by atomic mass is 10.1. The van der Waals surface area contributed by atoms with Crippen LogP contribution < -0.4 is 11.1 Å². The average Bonchev–Trinajstić information content (AvgIpc) is 2.34. The first-order valence-electron chi connectivity index (χ1n) is 6.41. The van der Waals surface area contributed by atoms with E-state index in [4.69, 9.17) is 34.3 Å². The largest absolute Gasteiger partial charge is 0.389 e. The van der Waals surface area contributed by atoms with E-state index in [2.05, 4.69) is 19.2 Å². The molecule has 0 bridgehead atoms. The molecule has 0 fully saturated rings. The Bertz CT molecular complexity index is 424. The average molecular weight is 301 g/mol. The van der Waals surface area contributed by atoms with Crippen LogP contribution in [0.2, 0.25) is 5.02 Å². The van der Waals surface area contributed by atoms with Gasteiger partial charge in [-0.25, -0.2) is 0 Å². The van der Waals surface area contributed by atoms with Crippen LogP contribution in [-0.2, 0) is 4.74 Å². The number of halogens is 1. The molecule has 0 aliphatic carbocycles. The van der Waals surface area contributed by atoms with Crippen LogP contribution in [0, 0.1) is 5.92 Å². The standard InChI is InChI=1S/C14H21ClN2OS/c1-10(2)5-7-18-8-6-17-13-4-3-11(15)9-12(13)14(16)19/h3-4,9-10,17H,5-8H2,1-2H3,(H2,16,19). The minimum atomic E-state index is 0.339. The Morgan fingerprint density at radius 2 is 2.16 bits per heavy atom. The monoisotopic (exact) mass is 300 g/mol. The Balaban J connectivity index is 2.39. The van der Waals surface area contributed by atoms with E-state index in [1.54, 1.807) is 6.07 Å². The molecule has 0 unspecified atom stereocenters. The zero-order valence-electron chi connectivity index (χ0n) is 11.4. The Hall–Kier alpha value is -0.840. The molecule has 0 saturated heterocycles. The molecule has 0 aliphatic heterocycles. The highest BCUT2D eigenvalue weighted by Gasteiger charge is 2.05. The van der Waals surface area contributed by atoms with Gasteiger partial charge in [0, 0.05) is 29.4 Å². The maximum absolute atomic E-state index is 5.93. The number of anilines is 1. The third-order valence-electron chi connectivity index (χ3n) is 2.65. The van der Waals surface area contributed by atoms with E-state index in [9.17, 15) is 0 Å². The molecule has 0 spiro atoms. The summed E-state index contributed by atoms with van der Waals surface area (Å²) in [5.74, 6) is 0.672. The summed E-state index contributed by atoms with van der Waals surface area (Å²) in [5, 5.41) is 3.89. The van der Waals surface area contributed by atoms with Gasteiger partial charge in [-0.15, -0.1) is 0 Å². The topological polar surface area (TPSA) is 47.3 Å². The third-order valence-corrected chi connectivity index (χ3v) is 3.10. The van der Waals surface area contributed by atoms with Gasteiger partial charge in [0.25, 0.3) is 0 Å². The Morgan fingerprint density at radius 1 is 1.42 bits per heavy atom. The molecule has 5 heteroatoms. The summed E-state index contributed by atoms with van der Waals surface area (Å²) in [4.78, 5) is 0.339. The molecule has 1 rings (SSSR count). The van der Waals surface area contributed by atoms with Crippen molar-refractivity contribution >= 4 is 34.5 Å². The number of ether oxygens (including phenoxy) is 1. The number of benzene rings is 1. The highest BCUT2D eigenvalue weighted by Crippen LogP contribution is 2.20. The lowest BCUT2D eigenvalue weighted by Crippen LogP contribution is -2.16. The summed E-state index contributed by atoms with van der Waals surface area (Å²) in [6.45, 7) is 6.54. The lowest BCUT2D eigenvalue weighted by molar-refractivity contribution is 0.132. The number of nitrogens with two attached hydrogens (primary N) is 1. The van der Waals surface area contributed by atoms with Gasteiger partial charge in [0.05, 0.1) is 6.61 Å². The van der Waals surface area contributed by atoms with Gasteiger partial charge in [-0.05, 0) is 30.5 Å². The molecular formula is C14H21ClN2OS. The molecule has 0 amide bonds. The first-order chi connectivity index (χ1) is 9.00. The van der Waals surface area contributed by atoms with Gasteiger partial charge in [-0.2, -0.15) is 0 Å². The van der Waals surface area contributed by atoms with Crippen molar-refractivity contribution in [2.24, 2.45) is 11.7 Å². The number of nitrogens with one attached hydrogen (secondary N) is 1. The van der Waals surface area contributed by atoms with Crippen molar-refractivity contribution in [1.29, 1.82) is 0 Å². The van der Waals surface area contributed by atoms with Gasteiger partial charge < -0.3 is 15.8 Å². The predicted molar refractivity (Wildman–Crippen MR) is 86.1 cm³/mol. The Labute approximate surface area is 125 Å². The molecule has 1 aromatic carbocycles. The molecule has 0 saturated carbocycles. The van der Waals surface area contributed by atoms with E-state index in [0.717, 1.165) is 30.8 Å². The van der Waals surface area contributed by atoms with Gasteiger partial charge >= 0.3 is 0 Å². The fraction of sp³-hybridized carbons (Fsp3) is 0.500. The lowest BCUT2D eigenvalue weighted by Gasteiger charge is -2.12. The SMILES string of the molecule is CC(C)CCOCCNc1ccc(Cl)cc1C(N)=S. The van der Waals surface area contributed by atoms with E-state index in [0.29, 0.717) is 22.5 Å². The molecule has 0 radical (unpaired) electrons. The molecule has 3 nitrogen and oxygen atoms in total. The maximum atomic E-state index is 5.93. The second-order valence-electron chi connectivity index (χ2n) is 4.78. The van der Waals surface area contributed by atoms with Crippen LogP contribution in [-0.4, -0.2) is 24.7 Å². The quantitative estimate of drug-likeness (QED) is 0.570. The van der Waals surface area contributed by atoms with Crippen molar-refractivity contribution in [2.75, 3.05) is 25.1 Å². The van der Waals surface area contributed by atoms with E-state index in [1.165, 1.54) is 0 Å². The van der Waals surface area contributed by atoms with Gasteiger partial charge in [0.1, 0.15) is 4.99 Å². The Morgan fingerprint density at radius 3 is 2.79 bits per heavy atom. The minimum Gasteiger partial charge on any atom is -0.389 e. The van der Waals surface area contributed by atoms with E-state index >= 15 is 0 Å². The van der Waals surface area contributed by atoms with Gasteiger partial charge in [0.15, 0.2) is 0 Å². The summed E-state index contributed by atoms with van der Waals surface area (Å²) >= 11 is 10.9. The predicted octanol–water partition coefficient (Wildman–Crippen LogP) is 3.45. The normalized spacial score (nSPS) is 10.7. The molecule has 1 aromatic rings. The van der Waals surface area contributed by atoms with E-state index in [1.807, 2.05) is 12.1 Å². The van der Waals surface area contributed by atoms with Gasteiger partial charge in [-0.3, -0.25) is 0 Å². The van der Waals surface area contributed by atoms with E-state index < -0.39 is 0 Å². The van der Waals surface area contributed by atoms with Crippen molar-refractivity contribution < 1.29 is 4.74 Å². The smallest absolute Gasteiger partial charge is 0.106 e. The summed E-state index contributed by atoms with van der Waals surface area (Å²) in [7, 11) is 0. The van der Waals surface area contributed by atoms with Crippen molar-refractivity contribution in [3.05, 3.63) is 28.8 Å². The van der Waals surface area contributed by atoms with Crippen molar-refractivity contribution in [3.8, 4) is 0 Å². The molecule has 106 valence electrons. The fourth-order valence-corrected chi connectivity index (χ4v) is 1.89. The van der Waals surface area contributed by atoms with Crippen molar-refractivity contribution in [3.63, 3.8) is 0 Å². The minimum absolute atomic E-state index is 0.339. The van der Waals surface area contributed by atoms with Crippen molar-refractivity contribution in [2.45, 2.75) is 20.3 Å². The second kappa shape index (κ2) is 8.35.